The largest absolute Gasteiger partial charge is 0.266 e. The van der Waals surface area contributed by atoms with Gasteiger partial charge in [0.15, 0.2) is 5.17 Å². The molecule has 1 fully saturated rings. The van der Waals surface area contributed by atoms with Crippen LogP contribution in [-0.4, -0.2) is 37.8 Å². The van der Waals surface area contributed by atoms with Crippen molar-refractivity contribution in [3.63, 3.8) is 0 Å². The van der Waals surface area contributed by atoms with Crippen molar-refractivity contribution in [3.05, 3.63) is 60.2 Å². The average molecular weight is 433 g/mol. The van der Waals surface area contributed by atoms with Crippen LogP contribution in [0.2, 0.25) is 25.7 Å². The lowest BCUT2D eigenvalue weighted by atomic mass is 10.2. The van der Waals surface area contributed by atoms with Crippen LogP contribution < -0.4 is 0 Å². The Morgan fingerprint density at radius 1 is 1.07 bits per heavy atom. The topological polar surface area (TPSA) is 49.7 Å². The Hall–Kier alpha value is -1.57. The van der Waals surface area contributed by atoms with Crippen molar-refractivity contribution in [3.8, 4) is 0 Å². The maximum absolute atomic E-state index is 13.5. The highest BCUT2D eigenvalue weighted by Crippen LogP contribution is 2.35. The van der Waals surface area contributed by atoms with Crippen molar-refractivity contribution in [2.24, 2.45) is 4.99 Å². The van der Waals surface area contributed by atoms with E-state index < -0.39 is 18.1 Å². The van der Waals surface area contributed by atoms with Gasteiger partial charge in [0.2, 0.25) is 0 Å². The van der Waals surface area contributed by atoms with Crippen LogP contribution in [0.1, 0.15) is 12.0 Å². The molecule has 7 heteroatoms. The molecule has 0 bridgehead atoms. The molecule has 3 rings (SSSR count). The average Bonchev–Trinajstić information content (AvgIpc) is 3.04. The third-order valence-corrected chi connectivity index (χ3v) is 9.57. The maximum atomic E-state index is 13.5. The maximum Gasteiger partial charge on any atom is 0.266 e. The number of sulfonamides is 1. The number of amidine groups is 1. The van der Waals surface area contributed by atoms with Gasteiger partial charge in [-0.05, 0) is 37.6 Å². The van der Waals surface area contributed by atoms with E-state index in [0.717, 1.165) is 29.5 Å². The molecule has 0 spiro atoms. The van der Waals surface area contributed by atoms with E-state index in [1.54, 1.807) is 28.2 Å². The van der Waals surface area contributed by atoms with E-state index in [9.17, 15) is 8.42 Å². The lowest BCUT2D eigenvalue weighted by molar-refractivity contribution is 0.456. The van der Waals surface area contributed by atoms with Crippen LogP contribution in [0.15, 0.2) is 64.5 Å². The monoisotopic (exact) mass is 432 g/mol. The van der Waals surface area contributed by atoms with Gasteiger partial charge in [-0.1, -0.05) is 73.3 Å². The molecule has 0 radical (unpaired) electrons. The standard InChI is InChI=1S/C21H28N2O2S2Si/c1-17-10-12-20(13-11-17)27(24,25)23-19(14-15-28(2,3)4)16-26-21(23)22-18-8-6-5-7-9-18/h5-13,19H,14-16H2,1-4H3. The van der Waals surface area contributed by atoms with Crippen molar-refractivity contribution >= 4 is 40.7 Å². The number of nitrogens with zero attached hydrogens (tertiary/aromatic N) is 2. The molecule has 0 N–H and O–H groups in total. The number of hydrogen-bond donors (Lipinski definition) is 0. The number of benzene rings is 2. The number of para-hydroxylation sites is 1. The molecule has 2 aromatic rings. The fourth-order valence-electron chi connectivity index (χ4n) is 3.08. The first-order valence-electron chi connectivity index (χ1n) is 9.54. The number of aryl methyl sites for hydroxylation is 1. The molecule has 1 aliphatic heterocycles. The summed E-state index contributed by atoms with van der Waals surface area (Å²) in [5, 5.41) is 0.576. The van der Waals surface area contributed by atoms with Gasteiger partial charge in [0, 0.05) is 13.8 Å². The Morgan fingerprint density at radius 2 is 1.71 bits per heavy atom. The molecule has 1 saturated heterocycles. The van der Waals surface area contributed by atoms with Gasteiger partial charge in [-0.15, -0.1) is 0 Å². The lowest BCUT2D eigenvalue weighted by Gasteiger charge is -2.27. The van der Waals surface area contributed by atoms with Gasteiger partial charge < -0.3 is 0 Å². The highest BCUT2D eigenvalue weighted by Gasteiger charge is 2.40. The van der Waals surface area contributed by atoms with Crippen LogP contribution in [0, 0.1) is 6.92 Å². The van der Waals surface area contributed by atoms with Gasteiger partial charge in [0.1, 0.15) is 0 Å². The van der Waals surface area contributed by atoms with Gasteiger partial charge in [-0.25, -0.2) is 17.7 Å². The van der Waals surface area contributed by atoms with Gasteiger partial charge in [0.05, 0.1) is 16.6 Å². The minimum atomic E-state index is -3.64. The van der Waals surface area contributed by atoms with Crippen molar-refractivity contribution in [1.29, 1.82) is 0 Å². The molecule has 150 valence electrons. The quantitative estimate of drug-likeness (QED) is 0.565. The second kappa shape index (κ2) is 8.43. The highest BCUT2D eigenvalue weighted by molar-refractivity contribution is 8.15. The molecule has 2 aromatic carbocycles. The van der Waals surface area contributed by atoms with Crippen LogP contribution in [0.25, 0.3) is 0 Å². The zero-order valence-electron chi connectivity index (χ0n) is 16.9. The summed E-state index contributed by atoms with van der Waals surface area (Å²) in [6, 6.07) is 17.7. The Labute approximate surface area is 174 Å². The van der Waals surface area contributed by atoms with Crippen LogP contribution in [-0.2, 0) is 10.0 Å². The minimum Gasteiger partial charge on any atom is -0.240 e. The fourth-order valence-corrected chi connectivity index (χ4v) is 7.45. The summed E-state index contributed by atoms with van der Waals surface area (Å²) in [5.74, 6) is 0.751. The first-order valence-corrected chi connectivity index (χ1v) is 15.7. The van der Waals surface area contributed by atoms with Crippen molar-refractivity contribution in [2.45, 2.75) is 50.0 Å². The molecule has 0 amide bonds. The predicted molar refractivity (Wildman–Crippen MR) is 123 cm³/mol. The van der Waals surface area contributed by atoms with Gasteiger partial charge in [0.25, 0.3) is 10.0 Å². The molecule has 0 aliphatic carbocycles. The summed E-state index contributed by atoms with van der Waals surface area (Å²) in [7, 11) is -4.91. The third-order valence-electron chi connectivity index (χ3n) is 4.71. The van der Waals surface area contributed by atoms with Crippen molar-refractivity contribution in [2.75, 3.05) is 5.75 Å². The predicted octanol–water partition coefficient (Wildman–Crippen LogP) is 5.52. The van der Waals surface area contributed by atoms with Crippen molar-refractivity contribution < 1.29 is 8.42 Å². The van der Waals surface area contributed by atoms with Gasteiger partial charge >= 0.3 is 0 Å². The summed E-state index contributed by atoms with van der Waals surface area (Å²) in [4.78, 5) is 5.01. The van der Waals surface area contributed by atoms with E-state index in [2.05, 4.69) is 24.6 Å². The number of hydrogen-bond acceptors (Lipinski definition) is 4. The molecule has 1 atom stereocenters. The lowest BCUT2D eigenvalue weighted by Crippen LogP contribution is -2.40. The molecular formula is C21H28N2O2S2Si. The summed E-state index contributed by atoms with van der Waals surface area (Å²) >= 11 is 1.54. The first-order chi connectivity index (χ1) is 13.2. The Bertz CT molecular complexity index is 937. The van der Waals surface area contributed by atoms with E-state index >= 15 is 0 Å². The molecule has 0 saturated carbocycles. The van der Waals surface area contributed by atoms with Crippen LogP contribution in [0.5, 0.6) is 0 Å². The normalized spacial score (nSPS) is 19.4. The van der Waals surface area contributed by atoms with E-state index in [-0.39, 0.29) is 6.04 Å². The SMILES string of the molecule is Cc1ccc(S(=O)(=O)N2C(=Nc3ccccc3)SCC2CC[Si](C)(C)C)cc1. The number of rotatable bonds is 6. The molecule has 0 aromatic heterocycles. The Morgan fingerprint density at radius 3 is 2.32 bits per heavy atom. The molecule has 1 heterocycles. The molecule has 1 aliphatic rings. The zero-order chi connectivity index (χ0) is 20.4. The van der Waals surface area contributed by atoms with E-state index in [4.69, 9.17) is 0 Å². The van der Waals surface area contributed by atoms with Crippen molar-refractivity contribution in [1.82, 2.24) is 4.31 Å². The van der Waals surface area contributed by atoms with E-state index in [1.807, 2.05) is 49.4 Å². The number of thioether (sulfide) groups is 1. The van der Waals surface area contributed by atoms with E-state index in [0.29, 0.717) is 10.1 Å². The van der Waals surface area contributed by atoms with Gasteiger partial charge in [-0.2, -0.15) is 0 Å². The summed E-state index contributed by atoms with van der Waals surface area (Å²) in [5.41, 5.74) is 1.82. The number of aliphatic imine (C=N–C) groups is 1. The highest BCUT2D eigenvalue weighted by atomic mass is 32.2. The molecular weight excluding hydrogens is 404 g/mol. The molecule has 4 nitrogen and oxygen atoms in total. The Kier molecular flexibility index (Phi) is 6.36. The van der Waals surface area contributed by atoms with Crippen LogP contribution in [0.4, 0.5) is 5.69 Å². The second-order valence-electron chi connectivity index (χ2n) is 8.41. The van der Waals surface area contributed by atoms with E-state index in [1.165, 1.54) is 0 Å². The van der Waals surface area contributed by atoms with Crippen LogP contribution in [0.3, 0.4) is 0 Å². The summed E-state index contributed by atoms with van der Waals surface area (Å²) in [6.07, 6.45) is 0.877. The smallest absolute Gasteiger partial charge is 0.240 e. The second-order valence-corrected chi connectivity index (χ2v) is 16.8. The van der Waals surface area contributed by atoms with Gasteiger partial charge in [-0.3, -0.25) is 0 Å². The molecule has 1 unspecified atom stereocenters. The molecule has 28 heavy (non-hydrogen) atoms. The summed E-state index contributed by atoms with van der Waals surface area (Å²) in [6.45, 7) is 8.94. The third kappa shape index (κ3) is 5.07. The zero-order valence-corrected chi connectivity index (χ0v) is 19.6. The minimum absolute atomic E-state index is 0.0505. The first kappa shape index (κ1) is 21.1. The summed E-state index contributed by atoms with van der Waals surface area (Å²) < 4.78 is 28.6. The Balaban J connectivity index is 1.99. The fraction of sp³-hybridized carbons (Fsp3) is 0.381. The van der Waals surface area contributed by atoms with Crippen LogP contribution >= 0.6 is 11.8 Å².